The Balaban J connectivity index is 1.80. The van der Waals surface area contributed by atoms with Crippen molar-refractivity contribution in [3.8, 4) is 6.07 Å². The smallest absolute Gasteiger partial charge is 0.0710 e. The molecule has 1 unspecified atom stereocenters. The molecule has 1 saturated heterocycles. The molecule has 2 rings (SSSR count). The zero-order valence-electron chi connectivity index (χ0n) is 10.4. The van der Waals surface area contributed by atoms with Crippen molar-refractivity contribution in [3.63, 3.8) is 0 Å². The lowest BCUT2D eigenvalue weighted by atomic mass is 10.1. The van der Waals surface area contributed by atoms with Gasteiger partial charge in [0, 0.05) is 25.6 Å². The van der Waals surface area contributed by atoms with E-state index in [0.717, 1.165) is 25.6 Å². The van der Waals surface area contributed by atoms with E-state index in [1.165, 1.54) is 19.3 Å². The molecule has 0 spiro atoms. The summed E-state index contributed by atoms with van der Waals surface area (Å²) in [7, 11) is 0. The molecule has 1 atom stereocenters. The topological polar surface area (TPSA) is 36.3 Å². The summed E-state index contributed by atoms with van der Waals surface area (Å²) < 4.78 is 6.01. The second-order valence-electron chi connectivity index (χ2n) is 5.67. The summed E-state index contributed by atoms with van der Waals surface area (Å²) in [6.45, 7) is 6.28. The zero-order valence-corrected chi connectivity index (χ0v) is 10.4. The molecule has 0 amide bonds. The van der Waals surface area contributed by atoms with Crippen LogP contribution < -0.4 is 0 Å². The van der Waals surface area contributed by atoms with Gasteiger partial charge in [0.25, 0.3) is 0 Å². The van der Waals surface area contributed by atoms with Gasteiger partial charge in [0.2, 0.25) is 0 Å². The molecule has 0 aromatic heterocycles. The highest BCUT2D eigenvalue weighted by molar-refractivity contribution is 4.90. The third-order valence-corrected chi connectivity index (χ3v) is 3.57. The molecular formula is C13H22N2O. The standard InChI is InChI=1S/C13H22N2O/c1-13(2)7-6-12(16-13)10-15(9-3-8-14)11-4-5-11/h11-12H,3-7,9-10H2,1-2H3. The molecule has 0 aromatic rings. The predicted molar refractivity (Wildman–Crippen MR) is 63.0 cm³/mol. The van der Waals surface area contributed by atoms with Gasteiger partial charge in [-0.25, -0.2) is 0 Å². The molecule has 16 heavy (non-hydrogen) atoms. The maximum atomic E-state index is 8.65. The van der Waals surface area contributed by atoms with Gasteiger partial charge < -0.3 is 4.74 Å². The third-order valence-electron chi connectivity index (χ3n) is 3.57. The fraction of sp³-hybridized carbons (Fsp3) is 0.923. The number of ether oxygens (including phenoxy) is 1. The molecule has 1 heterocycles. The Morgan fingerprint density at radius 2 is 2.12 bits per heavy atom. The quantitative estimate of drug-likeness (QED) is 0.716. The van der Waals surface area contributed by atoms with Crippen molar-refractivity contribution in [1.29, 1.82) is 5.26 Å². The highest BCUT2D eigenvalue weighted by atomic mass is 16.5. The van der Waals surface area contributed by atoms with Gasteiger partial charge in [-0.2, -0.15) is 5.26 Å². The van der Waals surface area contributed by atoms with Crippen LogP contribution in [0, 0.1) is 11.3 Å². The van der Waals surface area contributed by atoms with Crippen LogP contribution in [0.4, 0.5) is 0 Å². The van der Waals surface area contributed by atoms with E-state index in [4.69, 9.17) is 10.00 Å². The van der Waals surface area contributed by atoms with Crippen molar-refractivity contribution >= 4 is 0 Å². The summed E-state index contributed by atoms with van der Waals surface area (Å²) in [4.78, 5) is 2.45. The van der Waals surface area contributed by atoms with Gasteiger partial charge in [0.1, 0.15) is 0 Å². The molecular weight excluding hydrogens is 200 g/mol. The first-order valence-corrected chi connectivity index (χ1v) is 6.39. The van der Waals surface area contributed by atoms with Crippen LogP contribution in [0.5, 0.6) is 0 Å². The average molecular weight is 222 g/mol. The van der Waals surface area contributed by atoms with Crippen molar-refractivity contribution in [3.05, 3.63) is 0 Å². The third kappa shape index (κ3) is 3.20. The first-order valence-electron chi connectivity index (χ1n) is 6.39. The van der Waals surface area contributed by atoms with Gasteiger partial charge in [0.05, 0.1) is 17.8 Å². The molecule has 3 heteroatoms. The lowest BCUT2D eigenvalue weighted by Gasteiger charge is -2.26. The van der Waals surface area contributed by atoms with Crippen molar-refractivity contribution in [2.75, 3.05) is 13.1 Å². The van der Waals surface area contributed by atoms with Gasteiger partial charge in [-0.3, -0.25) is 4.90 Å². The lowest BCUT2D eigenvalue weighted by molar-refractivity contribution is -0.0294. The largest absolute Gasteiger partial charge is 0.371 e. The Hall–Kier alpha value is -0.590. The van der Waals surface area contributed by atoms with Crippen molar-refractivity contribution < 1.29 is 4.74 Å². The maximum absolute atomic E-state index is 8.65. The van der Waals surface area contributed by atoms with E-state index in [1.807, 2.05) is 0 Å². The normalized spacial score (nSPS) is 28.2. The molecule has 2 fully saturated rings. The lowest BCUT2D eigenvalue weighted by Crippen LogP contribution is -2.36. The summed E-state index contributed by atoms with van der Waals surface area (Å²) in [5.41, 5.74) is 0.0646. The molecule has 0 radical (unpaired) electrons. The van der Waals surface area contributed by atoms with E-state index in [9.17, 15) is 0 Å². The van der Waals surface area contributed by atoms with Gasteiger partial charge in [-0.1, -0.05) is 0 Å². The van der Waals surface area contributed by atoms with E-state index < -0.39 is 0 Å². The van der Waals surface area contributed by atoms with Crippen LogP contribution in [-0.2, 0) is 4.74 Å². The molecule has 3 nitrogen and oxygen atoms in total. The zero-order chi connectivity index (χ0) is 11.6. The second kappa shape index (κ2) is 4.73. The molecule has 1 aliphatic carbocycles. The van der Waals surface area contributed by atoms with Gasteiger partial charge in [-0.15, -0.1) is 0 Å². The summed E-state index contributed by atoms with van der Waals surface area (Å²) >= 11 is 0. The second-order valence-corrected chi connectivity index (χ2v) is 5.67. The number of rotatable bonds is 5. The fourth-order valence-electron chi connectivity index (χ4n) is 2.52. The molecule has 0 aromatic carbocycles. The summed E-state index contributed by atoms with van der Waals surface area (Å²) in [6, 6.07) is 2.98. The number of hydrogen-bond donors (Lipinski definition) is 0. The Morgan fingerprint density at radius 1 is 1.38 bits per heavy atom. The minimum Gasteiger partial charge on any atom is -0.371 e. The maximum Gasteiger partial charge on any atom is 0.0710 e. The molecule has 2 aliphatic rings. The molecule has 0 N–H and O–H groups in total. The van der Waals surface area contributed by atoms with E-state index in [0.29, 0.717) is 12.5 Å². The van der Waals surface area contributed by atoms with E-state index >= 15 is 0 Å². The minimum absolute atomic E-state index is 0.0646. The number of nitrogens with zero attached hydrogens (tertiary/aromatic N) is 2. The molecule has 1 saturated carbocycles. The van der Waals surface area contributed by atoms with Gasteiger partial charge in [0.15, 0.2) is 0 Å². The Morgan fingerprint density at radius 3 is 2.62 bits per heavy atom. The van der Waals surface area contributed by atoms with Gasteiger partial charge >= 0.3 is 0 Å². The Kier molecular flexibility index (Phi) is 3.51. The van der Waals surface area contributed by atoms with E-state index in [1.54, 1.807) is 0 Å². The van der Waals surface area contributed by atoms with Crippen molar-refractivity contribution in [2.45, 2.75) is 63.7 Å². The van der Waals surface area contributed by atoms with Crippen LogP contribution in [0.1, 0.15) is 46.0 Å². The summed E-state index contributed by atoms with van der Waals surface area (Å²) in [6.07, 6.45) is 5.97. The van der Waals surface area contributed by atoms with Crippen LogP contribution in [0.25, 0.3) is 0 Å². The highest BCUT2D eigenvalue weighted by Crippen LogP contribution is 2.32. The van der Waals surface area contributed by atoms with Crippen LogP contribution in [0.2, 0.25) is 0 Å². The molecule has 0 bridgehead atoms. The predicted octanol–water partition coefficient (Wildman–Crippen LogP) is 2.32. The monoisotopic (exact) mass is 222 g/mol. The van der Waals surface area contributed by atoms with Crippen LogP contribution in [0.15, 0.2) is 0 Å². The van der Waals surface area contributed by atoms with Crippen molar-refractivity contribution in [1.82, 2.24) is 4.90 Å². The summed E-state index contributed by atoms with van der Waals surface area (Å²) in [5.74, 6) is 0. The first kappa shape index (κ1) is 11.9. The number of nitriles is 1. The minimum atomic E-state index is 0.0646. The van der Waals surface area contributed by atoms with E-state index in [-0.39, 0.29) is 5.60 Å². The molecule has 1 aliphatic heterocycles. The summed E-state index contributed by atoms with van der Waals surface area (Å²) in [5, 5.41) is 8.65. The Bertz CT molecular complexity index is 278. The Labute approximate surface area is 98.4 Å². The van der Waals surface area contributed by atoms with E-state index in [2.05, 4.69) is 24.8 Å². The van der Waals surface area contributed by atoms with Crippen LogP contribution >= 0.6 is 0 Å². The average Bonchev–Trinajstić information content (AvgIpc) is 2.99. The SMILES string of the molecule is CC1(C)CCC(CN(CCC#N)C2CC2)O1. The number of hydrogen-bond acceptors (Lipinski definition) is 3. The molecule has 90 valence electrons. The fourth-order valence-corrected chi connectivity index (χ4v) is 2.52. The van der Waals surface area contributed by atoms with Gasteiger partial charge in [-0.05, 0) is 39.5 Å². The van der Waals surface area contributed by atoms with Crippen LogP contribution in [-0.4, -0.2) is 35.7 Å². The highest BCUT2D eigenvalue weighted by Gasteiger charge is 2.36. The van der Waals surface area contributed by atoms with Crippen LogP contribution in [0.3, 0.4) is 0 Å². The van der Waals surface area contributed by atoms with Crippen molar-refractivity contribution in [2.24, 2.45) is 0 Å². The first-order chi connectivity index (χ1) is 7.61.